The smallest absolute Gasteiger partial charge is 0.326 e. The Morgan fingerprint density at radius 1 is 1.33 bits per heavy atom. The van der Waals surface area contributed by atoms with Gasteiger partial charge in [0.1, 0.15) is 6.04 Å². The molecule has 0 bridgehead atoms. The molecule has 1 aromatic carbocycles. The van der Waals surface area contributed by atoms with Crippen LogP contribution < -0.4 is 10.6 Å². The standard InChI is InChI=1S/C13H16N2O3/c16-12(10-7-14-8-10)15-11(13(17)18)6-9-4-2-1-3-5-9/h1-5,10-11,14H,6-8H2,(H,15,16)(H,17,18)/t11-/m1/s1. The van der Waals surface area contributed by atoms with Crippen LogP contribution in [0, 0.1) is 5.92 Å². The van der Waals surface area contributed by atoms with Crippen LogP contribution in [0.1, 0.15) is 5.56 Å². The molecule has 96 valence electrons. The SMILES string of the molecule is O=C(N[C@H](Cc1ccccc1)C(=O)O)C1CNC1. The predicted octanol–water partition coefficient (Wildman–Crippen LogP) is 0.0179. The van der Waals surface area contributed by atoms with Gasteiger partial charge < -0.3 is 15.7 Å². The van der Waals surface area contributed by atoms with Crippen molar-refractivity contribution in [2.24, 2.45) is 5.92 Å². The molecule has 5 heteroatoms. The number of benzene rings is 1. The summed E-state index contributed by atoms with van der Waals surface area (Å²) in [5.41, 5.74) is 0.900. The molecule has 1 atom stereocenters. The number of carbonyl (C=O) groups excluding carboxylic acids is 1. The van der Waals surface area contributed by atoms with E-state index in [1.165, 1.54) is 0 Å². The summed E-state index contributed by atoms with van der Waals surface area (Å²) in [7, 11) is 0. The number of hydrogen-bond acceptors (Lipinski definition) is 3. The molecule has 1 heterocycles. The lowest BCUT2D eigenvalue weighted by Gasteiger charge is -2.27. The van der Waals surface area contributed by atoms with E-state index < -0.39 is 12.0 Å². The maximum absolute atomic E-state index is 11.7. The van der Waals surface area contributed by atoms with Gasteiger partial charge in [-0.2, -0.15) is 0 Å². The number of hydrogen-bond donors (Lipinski definition) is 3. The van der Waals surface area contributed by atoms with E-state index in [1.807, 2.05) is 30.3 Å². The number of carboxylic acid groups (broad SMARTS) is 1. The summed E-state index contributed by atoms with van der Waals surface area (Å²) in [5, 5.41) is 14.7. The van der Waals surface area contributed by atoms with E-state index in [2.05, 4.69) is 10.6 Å². The highest BCUT2D eigenvalue weighted by Crippen LogP contribution is 2.07. The fraction of sp³-hybridized carbons (Fsp3) is 0.385. The minimum absolute atomic E-state index is 0.0948. The maximum atomic E-state index is 11.7. The quantitative estimate of drug-likeness (QED) is 0.686. The van der Waals surface area contributed by atoms with Gasteiger partial charge in [-0.15, -0.1) is 0 Å². The summed E-state index contributed by atoms with van der Waals surface area (Å²) in [6, 6.07) is 8.43. The molecular weight excluding hydrogens is 232 g/mol. The van der Waals surface area contributed by atoms with E-state index in [9.17, 15) is 9.59 Å². The zero-order chi connectivity index (χ0) is 13.0. The van der Waals surface area contributed by atoms with Crippen molar-refractivity contribution < 1.29 is 14.7 Å². The molecule has 1 saturated heterocycles. The Morgan fingerprint density at radius 2 is 2.00 bits per heavy atom. The molecule has 0 saturated carbocycles. The van der Waals surface area contributed by atoms with Crippen LogP contribution in [0.25, 0.3) is 0 Å². The molecule has 0 spiro atoms. The van der Waals surface area contributed by atoms with Crippen LogP contribution >= 0.6 is 0 Å². The van der Waals surface area contributed by atoms with Crippen molar-refractivity contribution in [2.75, 3.05) is 13.1 Å². The molecule has 1 fully saturated rings. The lowest BCUT2D eigenvalue weighted by Crippen LogP contribution is -2.54. The molecule has 5 nitrogen and oxygen atoms in total. The number of aliphatic carboxylic acids is 1. The molecule has 3 N–H and O–H groups in total. The number of nitrogens with one attached hydrogen (secondary N) is 2. The molecule has 0 unspecified atom stereocenters. The zero-order valence-electron chi connectivity index (χ0n) is 9.93. The maximum Gasteiger partial charge on any atom is 0.326 e. The highest BCUT2D eigenvalue weighted by molar-refractivity contribution is 5.85. The van der Waals surface area contributed by atoms with Gasteiger partial charge in [0.05, 0.1) is 5.92 Å². The van der Waals surface area contributed by atoms with Crippen molar-refractivity contribution >= 4 is 11.9 Å². The molecule has 2 rings (SSSR count). The van der Waals surface area contributed by atoms with Crippen molar-refractivity contribution in [1.82, 2.24) is 10.6 Å². The van der Waals surface area contributed by atoms with Crippen LogP contribution in [0.5, 0.6) is 0 Å². The van der Waals surface area contributed by atoms with E-state index in [4.69, 9.17) is 5.11 Å². The number of rotatable bonds is 5. The average Bonchev–Trinajstić information content (AvgIpc) is 2.27. The minimum atomic E-state index is -1.00. The Kier molecular flexibility index (Phi) is 3.94. The molecule has 0 aromatic heterocycles. The largest absolute Gasteiger partial charge is 0.480 e. The summed E-state index contributed by atoms with van der Waals surface area (Å²) in [6.45, 7) is 1.26. The molecule has 1 amide bonds. The number of carboxylic acids is 1. The van der Waals surface area contributed by atoms with Crippen LogP contribution in [0.15, 0.2) is 30.3 Å². The Labute approximate surface area is 105 Å². The Hall–Kier alpha value is -1.88. The minimum Gasteiger partial charge on any atom is -0.480 e. The third kappa shape index (κ3) is 3.07. The number of amides is 1. The molecule has 1 aliphatic rings. The summed E-state index contributed by atoms with van der Waals surface area (Å²) >= 11 is 0. The first-order chi connectivity index (χ1) is 8.66. The molecule has 1 aromatic rings. The Morgan fingerprint density at radius 3 is 2.50 bits per heavy atom. The highest BCUT2D eigenvalue weighted by Gasteiger charge is 2.28. The summed E-state index contributed by atoms with van der Waals surface area (Å²) in [5.74, 6) is -1.28. The van der Waals surface area contributed by atoms with Gasteiger partial charge in [-0.25, -0.2) is 4.79 Å². The fourth-order valence-electron chi connectivity index (χ4n) is 1.81. The number of carbonyl (C=O) groups is 2. The normalized spacial score (nSPS) is 16.7. The van der Waals surface area contributed by atoms with Gasteiger partial charge in [0.15, 0.2) is 0 Å². The fourth-order valence-corrected chi connectivity index (χ4v) is 1.81. The molecule has 0 radical (unpaired) electrons. The highest BCUT2D eigenvalue weighted by atomic mass is 16.4. The molecule has 1 aliphatic heterocycles. The van der Waals surface area contributed by atoms with Crippen molar-refractivity contribution in [3.63, 3.8) is 0 Å². The van der Waals surface area contributed by atoms with Gasteiger partial charge in [0.2, 0.25) is 5.91 Å². The van der Waals surface area contributed by atoms with Crippen LogP contribution in [0.3, 0.4) is 0 Å². The molecule has 0 aliphatic carbocycles. The van der Waals surface area contributed by atoms with E-state index >= 15 is 0 Å². The average molecular weight is 248 g/mol. The first-order valence-electron chi connectivity index (χ1n) is 5.94. The topological polar surface area (TPSA) is 78.4 Å². The lowest BCUT2D eigenvalue weighted by atomic mass is 10.0. The van der Waals surface area contributed by atoms with Crippen molar-refractivity contribution in [3.05, 3.63) is 35.9 Å². The summed E-state index contributed by atoms with van der Waals surface area (Å²) in [4.78, 5) is 22.9. The zero-order valence-corrected chi connectivity index (χ0v) is 9.93. The summed E-state index contributed by atoms with van der Waals surface area (Å²) < 4.78 is 0. The first-order valence-corrected chi connectivity index (χ1v) is 5.94. The van der Waals surface area contributed by atoms with Crippen molar-refractivity contribution in [2.45, 2.75) is 12.5 Å². The monoisotopic (exact) mass is 248 g/mol. The van der Waals surface area contributed by atoms with Crippen molar-refractivity contribution in [1.29, 1.82) is 0 Å². The lowest BCUT2D eigenvalue weighted by molar-refractivity contribution is -0.142. The summed E-state index contributed by atoms with van der Waals surface area (Å²) in [6.07, 6.45) is 0.308. The van der Waals surface area contributed by atoms with Gasteiger partial charge in [-0.1, -0.05) is 30.3 Å². The van der Waals surface area contributed by atoms with Crippen LogP contribution in [-0.4, -0.2) is 36.1 Å². The van der Waals surface area contributed by atoms with Crippen LogP contribution in [0.2, 0.25) is 0 Å². The predicted molar refractivity (Wildman–Crippen MR) is 66.1 cm³/mol. The van der Waals surface area contributed by atoms with E-state index in [-0.39, 0.29) is 11.8 Å². The molecule has 18 heavy (non-hydrogen) atoms. The van der Waals surface area contributed by atoms with Crippen LogP contribution in [0.4, 0.5) is 0 Å². The second-order valence-corrected chi connectivity index (χ2v) is 4.44. The van der Waals surface area contributed by atoms with E-state index in [0.29, 0.717) is 19.5 Å². The van der Waals surface area contributed by atoms with Gasteiger partial charge >= 0.3 is 5.97 Å². The molecular formula is C13H16N2O3. The first kappa shape index (κ1) is 12.6. The van der Waals surface area contributed by atoms with Crippen molar-refractivity contribution in [3.8, 4) is 0 Å². The Bertz CT molecular complexity index is 429. The van der Waals surface area contributed by atoms with Gasteiger partial charge in [0, 0.05) is 19.5 Å². The van der Waals surface area contributed by atoms with E-state index in [1.54, 1.807) is 0 Å². The Balaban J connectivity index is 1.95. The van der Waals surface area contributed by atoms with Gasteiger partial charge in [-0.05, 0) is 5.56 Å². The van der Waals surface area contributed by atoms with Crippen LogP contribution in [-0.2, 0) is 16.0 Å². The third-order valence-corrected chi connectivity index (χ3v) is 3.05. The van der Waals surface area contributed by atoms with Gasteiger partial charge in [0.25, 0.3) is 0 Å². The second kappa shape index (κ2) is 5.64. The second-order valence-electron chi connectivity index (χ2n) is 4.44. The third-order valence-electron chi connectivity index (χ3n) is 3.05. The van der Waals surface area contributed by atoms with E-state index in [0.717, 1.165) is 5.56 Å². The van der Waals surface area contributed by atoms with Gasteiger partial charge in [-0.3, -0.25) is 4.79 Å².